The molecule has 19 heavy (non-hydrogen) atoms. The predicted molar refractivity (Wildman–Crippen MR) is 80.7 cm³/mol. The number of hydrogen-bond acceptors (Lipinski definition) is 2. The van der Waals surface area contributed by atoms with Crippen molar-refractivity contribution in [1.29, 1.82) is 0 Å². The number of fused-ring (bicyclic) bond motifs is 1. The van der Waals surface area contributed by atoms with Gasteiger partial charge in [0.2, 0.25) is 0 Å². The molecule has 96 valence electrons. The van der Waals surface area contributed by atoms with Crippen LogP contribution in [-0.2, 0) is 11.2 Å². The summed E-state index contributed by atoms with van der Waals surface area (Å²) in [7, 11) is 0. The van der Waals surface area contributed by atoms with Crippen LogP contribution in [0.25, 0.3) is 21.5 Å². The molecule has 3 aromatic rings. The Labute approximate surface area is 122 Å². The van der Waals surface area contributed by atoms with Gasteiger partial charge in [0, 0.05) is 15.4 Å². The molecule has 0 atom stereocenters. The van der Waals surface area contributed by atoms with Gasteiger partial charge in [-0.25, -0.2) is 0 Å². The van der Waals surface area contributed by atoms with E-state index in [2.05, 4.69) is 20.9 Å². The molecular formula is C14H10BrNO2S. The minimum Gasteiger partial charge on any atom is -0.481 e. The summed E-state index contributed by atoms with van der Waals surface area (Å²) in [6.07, 6.45) is 0.0175. The Bertz CT molecular complexity index is 746. The third-order valence-corrected chi connectivity index (χ3v) is 4.34. The first kappa shape index (κ1) is 12.4. The number of thiophene rings is 1. The molecular weight excluding hydrogens is 326 g/mol. The number of carbonyl (C=O) groups is 1. The summed E-state index contributed by atoms with van der Waals surface area (Å²) in [6.45, 7) is 0. The van der Waals surface area contributed by atoms with Crippen molar-refractivity contribution in [1.82, 2.24) is 4.98 Å². The number of nitrogens with one attached hydrogen (secondary N) is 1. The molecule has 0 aliphatic heterocycles. The number of carboxylic acids is 1. The van der Waals surface area contributed by atoms with Crippen LogP contribution in [0.5, 0.6) is 0 Å². The van der Waals surface area contributed by atoms with Crippen molar-refractivity contribution in [2.75, 3.05) is 0 Å². The van der Waals surface area contributed by atoms with Crippen LogP contribution in [0.15, 0.2) is 40.2 Å². The number of aromatic nitrogens is 1. The van der Waals surface area contributed by atoms with E-state index < -0.39 is 5.97 Å². The van der Waals surface area contributed by atoms with E-state index in [1.165, 1.54) is 0 Å². The molecule has 3 nitrogen and oxygen atoms in total. The number of carboxylic acid groups (broad SMARTS) is 1. The van der Waals surface area contributed by atoms with Gasteiger partial charge in [-0.2, -0.15) is 0 Å². The van der Waals surface area contributed by atoms with Gasteiger partial charge >= 0.3 is 5.97 Å². The first-order valence-electron chi connectivity index (χ1n) is 5.71. The van der Waals surface area contributed by atoms with Crippen molar-refractivity contribution >= 4 is 44.1 Å². The van der Waals surface area contributed by atoms with E-state index in [0.717, 1.165) is 31.5 Å². The Kier molecular flexibility index (Phi) is 3.16. The van der Waals surface area contributed by atoms with Gasteiger partial charge in [-0.05, 0) is 35.2 Å². The molecule has 0 aliphatic rings. The highest BCUT2D eigenvalue weighted by atomic mass is 79.9. The average molecular weight is 336 g/mol. The van der Waals surface area contributed by atoms with Crippen molar-refractivity contribution in [2.45, 2.75) is 6.42 Å². The minimum atomic E-state index is -0.821. The number of H-pyrrole nitrogens is 1. The molecule has 0 saturated carbocycles. The van der Waals surface area contributed by atoms with Crippen molar-refractivity contribution in [3.05, 3.63) is 45.7 Å². The lowest BCUT2D eigenvalue weighted by Crippen LogP contribution is -2.00. The van der Waals surface area contributed by atoms with Crippen LogP contribution in [0.1, 0.15) is 5.56 Å². The van der Waals surface area contributed by atoms with Crippen LogP contribution in [0.2, 0.25) is 0 Å². The van der Waals surface area contributed by atoms with Crippen molar-refractivity contribution in [2.24, 2.45) is 0 Å². The van der Waals surface area contributed by atoms with Crippen LogP contribution >= 0.6 is 27.3 Å². The summed E-state index contributed by atoms with van der Waals surface area (Å²) < 4.78 is 0.948. The van der Waals surface area contributed by atoms with Crippen LogP contribution in [0.3, 0.4) is 0 Å². The van der Waals surface area contributed by atoms with Crippen LogP contribution in [-0.4, -0.2) is 16.1 Å². The Hall–Kier alpha value is -1.59. The SMILES string of the molecule is O=C(O)Cc1c(-c2cccs2)[nH]c2ccc(Br)cc12. The summed E-state index contributed by atoms with van der Waals surface area (Å²) in [5.74, 6) is -0.821. The maximum atomic E-state index is 11.1. The second-order valence-corrected chi connectivity index (χ2v) is 6.08. The zero-order valence-corrected chi connectivity index (χ0v) is 12.2. The maximum Gasteiger partial charge on any atom is 0.307 e. The van der Waals surface area contributed by atoms with Crippen LogP contribution in [0.4, 0.5) is 0 Å². The Morgan fingerprint density at radius 3 is 2.89 bits per heavy atom. The molecule has 1 aromatic carbocycles. The molecule has 0 unspecified atom stereocenters. The molecule has 3 rings (SSSR count). The van der Waals surface area contributed by atoms with Gasteiger partial charge in [0.1, 0.15) is 0 Å². The lowest BCUT2D eigenvalue weighted by Gasteiger charge is -2.00. The van der Waals surface area contributed by atoms with Gasteiger partial charge < -0.3 is 10.1 Å². The van der Waals surface area contributed by atoms with Crippen molar-refractivity contribution < 1.29 is 9.90 Å². The third-order valence-electron chi connectivity index (χ3n) is 2.96. The second-order valence-electron chi connectivity index (χ2n) is 4.22. The van der Waals surface area contributed by atoms with Gasteiger partial charge in [-0.1, -0.05) is 22.0 Å². The smallest absolute Gasteiger partial charge is 0.307 e. The van der Waals surface area contributed by atoms with E-state index in [-0.39, 0.29) is 6.42 Å². The Balaban J connectivity index is 2.28. The lowest BCUT2D eigenvalue weighted by molar-refractivity contribution is -0.136. The zero-order chi connectivity index (χ0) is 13.4. The normalized spacial score (nSPS) is 11.0. The molecule has 0 spiro atoms. The number of benzene rings is 1. The molecule has 5 heteroatoms. The molecule has 2 aromatic heterocycles. The highest BCUT2D eigenvalue weighted by molar-refractivity contribution is 9.10. The van der Waals surface area contributed by atoms with E-state index in [4.69, 9.17) is 5.11 Å². The molecule has 0 saturated heterocycles. The first-order valence-corrected chi connectivity index (χ1v) is 7.38. The molecule has 2 heterocycles. The fourth-order valence-electron chi connectivity index (χ4n) is 2.19. The predicted octanol–water partition coefficient (Wildman–Crippen LogP) is 4.29. The maximum absolute atomic E-state index is 11.1. The molecule has 0 aliphatic carbocycles. The Morgan fingerprint density at radius 1 is 1.37 bits per heavy atom. The highest BCUT2D eigenvalue weighted by Gasteiger charge is 2.16. The highest BCUT2D eigenvalue weighted by Crippen LogP contribution is 2.34. The summed E-state index contributed by atoms with van der Waals surface area (Å²) >= 11 is 5.03. The number of aromatic amines is 1. The van der Waals surface area contributed by atoms with Crippen molar-refractivity contribution in [3.63, 3.8) is 0 Å². The van der Waals surface area contributed by atoms with E-state index in [1.54, 1.807) is 11.3 Å². The monoisotopic (exact) mass is 335 g/mol. The zero-order valence-electron chi connectivity index (χ0n) is 9.81. The first-order chi connectivity index (χ1) is 9.15. The van der Waals surface area contributed by atoms with E-state index in [1.807, 2.05) is 35.7 Å². The lowest BCUT2D eigenvalue weighted by atomic mass is 10.1. The molecule has 0 radical (unpaired) electrons. The number of hydrogen-bond donors (Lipinski definition) is 2. The van der Waals surface area contributed by atoms with Crippen molar-refractivity contribution in [3.8, 4) is 10.6 Å². The van der Waals surface area contributed by atoms with E-state index in [9.17, 15) is 4.79 Å². The van der Waals surface area contributed by atoms with Crippen LogP contribution in [0, 0.1) is 0 Å². The number of rotatable bonds is 3. The van der Waals surface area contributed by atoms with Gasteiger partial charge in [0.05, 0.1) is 17.0 Å². The number of aliphatic carboxylic acids is 1. The van der Waals surface area contributed by atoms with Gasteiger partial charge in [0.25, 0.3) is 0 Å². The van der Waals surface area contributed by atoms with E-state index in [0.29, 0.717) is 0 Å². The fraction of sp³-hybridized carbons (Fsp3) is 0.0714. The third kappa shape index (κ3) is 2.31. The molecule has 0 amide bonds. The Morgan fingerprint density at radius 2 is 2.21 bits per heavy atom. The van der Waals surface area contributed by atoms with Gasteiger partial charge in [-0.3, -0.25) is 4.79 Å². The summed E-state index contributed by atoms with van der Waals surface area (Å²) in [6, 6.07) is 9.83. The summed E-state index contributed by atoms with van der Waals surface area (Å²) in [5, 5.41) is 12.1. The summed E-state index contributed by atoms with van der Waals surface area (Å²) in [5.41, 5.74) is 2.71. The largest absolute Gasteiger partial charge is 0.481 e. The average Bonchev–Trinajstić information content (AvgIpc) is 2.97. The fourth-order valence-corrected chi connectivity index (χ4v) is 3.30. The molecule has 2 N–H and O–H groups in total. The minimum absolute atomic E-state index is 0.0175. The topological polar surface area (TPSA) is 53.1 Å². The van der Waals surface area contributed by atoms with Gasteiger partial charge in [-0.15, -0.1) is 11.3 Å². The van der Waals surface area contributed by atoms with Crippen LogP contribution < -0.4 is 0 Å². The quantitative estimate of drug-likeness (QED) is 0.750. The van der Waals surface area contributed by atoms with Gasteiger partial charge in [0.15, 0.2) is 0 Å². The number of halogens is 1. The summed E-state index contributed by atoms with van der Waals surface area (Å²) in [4.78, 5) is 15.5. The second kappa shape index (κ2) is 4.83. The molecule has 0 fully saturated rings. The standard InChI is InChI=1S/C14H10BrNO2S/c15-8-3-4-11-9(6-8)10(7-13(17)18)14(16-11)12-2-1-5-19-12/h1-6,16H,7H2,(H,17,18). The van der Waals surface area contributed by atoms with E-state index >= 15 is 0 Å². The molecule has 0 bridgehead atoms.